The quantitative estimate of drug-likeness (QED) is 0.509. The van der Waals surface area contributed by atoms with Crippen molar-refractivity contribution in [2.24, 2.45) is 0 Å². The van der Waals surface area contributed by atoms with Crippen LogP contribution in [0.4, 0.5) is 26.2 Å². The van der Waals surface area contributed by atoms with Crippen molar-refractivity contribution in [2.45, 2.75) is 25.7 Å². The highest BCUT2D eigenvalue weighted by atomic mass is 19.1. The van der Waals surface area contributed by atoms with Crippen molar-refractivity contribution in [1.29, 1.82) is 0 Å². The summed E-state index contributed by atoms with van der Waals surface area (Å²) in [5.74, 6) is 0.408. The number of fused-ring (bicyclic) bond motifs is 1. The zero-order chi connectivity index (χ0) is 21.4. The van der Waals surface area contributed by atoms with E-state index in [4.69, 9.17) is 4.42 Å². The third kappa shape index (κ3) is 3.78. The van der Waals surface area contributed by atoms with Crippen LogP contribution in [0.2, 0.25) is 0 Å². The molecule has 31 heavy (non-hydrogen) atoms. The van der Waals surface area contributed by atoms with Gasteiger partial charge in [0.25, 0.3) is 0 Å². The van der Waals surface area contributed by atoms with Gasteiger partial charge in [-0.25, -0.2) is 28.7 Å². The lowest BCUT2D eigenvalue weighted by atomic mass is 9.90. The second kappa shape index (κ2) is 7.90. The number of aromatic nitrogens is 4. The Morgan fingerprint density at radius 2 is 1.84 bits per heavy atom. The van der Waals surface area contributed by atoms with Crippen LogP contribution in [0.15, 0.2) is 47.6 Å². The molecule has 0 radical (unpaired) electrons. The molecule has 1 aromatic carbocycles. The van der Waals surface area contributed by atoms with Gasteiger partial charge in [0, 0.05) is 18.7 Å². The van der Waals surface area contributed by atoms with Crippen molar-refractivity contribution in [3.63, 3.8) is 0 Å². The number of piperidine rings is 1. The largest absolute Gasteiger partial charge is 0.458 e. The first-order valence-corrected chi connectivity index (χ1v) is 10.1. The van der Waals surface area contributed by atoms with Crippen molar-refractivity contribution in [3.8, 4) is 0 Å². The maximum Gasteiger partial charge on any atom is 0.225 e. The first kappa shape index (κ1) is 19.3. The predicted octanol–water partition coefficient (Wildman–Crippen LogP) is 4.73. The fraction of sp³-hybridized carbons (Fsp3) is 0.273. The summed E-state index contributed by atoms with van der Waals surface area (Å²) < 4.78 is 33.1. The predicted molar refractivity (Wildman–Crippen MR) is 112 cm³/mol. The van der Waals surface area contributed by atoms with Crippen molar-refractivity contribution >= 4 is 28.6 Å². The van der Waals surface area contributed by atoms with Gasteiger partial charge in [0.1, 0.15) is 17.7 Å². The summed E-state index contributed by atoms with van der Waals surface area (Å²) in [6.45, 7) is 3.32. The number of anilines is 3. The molecule has 4 aromatic rings. The van der Waals surface area contributed by atoms with Gasteiger partial charge in [-0.2, -0.15) is 0 Å². The van der Waals surface area contributed by atoms with Gasteiger partial charge in [-0.3, -0.25) is 0 Å². The van der Waals surface area contributed by atoms with Crippen LogP contribution >= 0.6 is 0 Å². The highest BCUT2D eigenvalue weighted by Gasteiger charge is 2.26. The molecule has 7 nitrogen and oxygen atoms in total. The molecule has 4 heterocycles. The molecule has 0 spiro atoms. The fourth-order valence-electron chi connectivity index (χ4n) is 3.96. The van der Waals surface area contributed by atoms with E-state index in [-0.39, 0.29) is 11.7 Å². The molecule has 1 saturated heterocycles. The molecule has 0 amide bonds. The summed E-state index contributed by atoms with van der Waals surface area (Å²) in [6, 6.07) is 4.97. The van der Waals surface area contributed by atoms with Crippen LogP contribution in [0.5, 0.6) is 0 Å². The van der Waals surface area contributed by atoms with Gasteiger partial charge in [-0.15, -0.1) is 0 Å². The molecule has 9 heteroatoms. The van der Waals surface area contributed by atoms with Gasteiger partial charge in [-0.05, 0) is 43.4 Å². The lowest BCUT2D eigenvalue weighted by Crippen LogP contribution is -2.34. The summed E-state index contributed by atoms with van der Waals surface area (Å²) >= 11 is 0. The van der Waals surface area contributed by atoms with Crippen molar-refractivity contribution in [1.82, 2.24) is 19.9 Å². The molecule has 3 aromatic heterocycles. The lowest BCUT2D eigenvalue weighted by Gasteiger charge is -2.31. The number of hydrogen-bond donors (Lipinski definition) is 1. The molecule has 0 bridgehead atoms. The normalized spacial score (nSPS) is 14.9. The molecule has 0 saturated carbocycles. The fourth-order valence-corrected chi connectivity index (χ4v) is 3.96. The standard InChI is InChI=1S/C22H20F2N6O/c1-13-2-3-18(17(24)8-13)29-21-20-19(27-12-28-21)16(11-31-20)14-4-6-30(7-5-14)22-25-9-15(23)10-26-22/h2-3,8-12,14H,4-7H2,1H3,(H,27,28,29). The van der Waals surface area contributed by atoms with Crippen LogP contribution in [0.1, 0.15) is 29.9 Å². The van der Waals surface area contributed by atoms with E-state index in [0.29, 0.717) is 23.0 Å². The van der Waals surface area contributed by atoms with E-state index in [0.717, 1.165) is 42.6 Å². The third-order valence-electron chi connectivity index (χ3n) is 5.58. The summed E-state index contributed by atoms with van der Waals surface area (Å²) in [5.41, 5.74) is 3.40. The second-order valence-corrected chi connectivity index (χ2v) is 7.66. The summed E-state index contributed by atoms with van der Waals surface area (Å²) in [5, 5.41) is 3.02. The Balaban J connectivity index is 1.36. The maximum absolute atomic E-state index is 14.3. The van der Waals surface area contributed by atoms with Crippen molar-refractivity contribution < 1.29 is 13.2 Å². The highest BCUT2D eigenvalue weighted by Crippen LogP contribution is 2.36. The van der Waals surface area contributed by atoms with Gasteiger partial charge < -0.3 is 14.6 Å². The van der Waals surface area contributed by atoms with Gasteiger partial charge in [0.05, 0.1) is 24.3 Å². The minimum atomic E-state index is -0.446. The summed E-state index contributed by atoms with van der Waals surface area (Å²) in [6.07, 6.45) is 7.24. The van der Waals surface area contributed by atoms with Crippen LogP contribution < -0.4 is 10.2 Å². The Morgan fingerprint density at radius 1 is 1.06 bits per heavy atom. The van der Waals surface area contributed by atoms with E-state index in [9.17, 15) is 8.78 Å². The molecule has 5 rings (SSSR count). The molecular formula is C22H20F2N6O. The van der Waals surface area contributed by atoms with E-state index in [1.807, 2.05) is 17.9 Å². The topological polar surface area (TPSA) is 80.0 Å². The molecule has 1 aliphatic rings. The van der Waals surface area contributed by atoms with Gasteiger partial charge in [0.2, 0.25) is 5.95 Å². The molecule has 1 N–H and O–H groups in total. The average Bonchev–Trinajstić information content (AvgIpc) is 3.21. The van der Waals surface area contributed by atoms with Crippen molar-refractivity contribution in [3.05, 3.63) is 65.9 Å². The summed E-state index contributed by atoms with van der Waals surface area (Å²) in [4.78, 5) is 18.8. The van der Waals surface area contributed by atoms with E-state index >= 15 is 0 Å². The first-order chi connectivity index (χ1) is 15.1. The van der Waals surface area contributed by atoms with Crippen LogP contribution in [0, 0.1) is 18.6 Å². The Morgan fingerprint density at radius 3 is 2.58 bits per heavy atom. The van der Waals surface area contributed by atoms with Crippen LogP contribution in [0.25, 0.3) is 11.1 Å². The Hall–Kier alpha value is -3.62. The molecule has 0 atom stereocenters. The van der Waals surface area contributed by atoms with Crippen LogP contribution in [-0.2, 0) is 0 Å². The second-order valence-electron chi connectivity index (χ2n) is 7.66. The number of nitrogens with zero attached hydrogens (tertiary/aromatic N) is 5. The monoisotopic (exact) mass is 422 g/mol. The van der Waals surface area contributed by atoms with Gasteiger partial charge in [0.15, 0.2) is 17.2 Å². The zero-order valence-electron chi connectivity index (χ0n) is 16.8. The van der Waals surface area contributed by atoms with E-state index in [1.54, 1.807) is 12.3 Å². The molecular weight excluding hydrogens is 402 g/mol. The Kier molecular flexibility index (Phi) is 4.93. The van der Waals surface area contributed by atoms with E-state index in [2.05, 4.69) is 25.3 Å². The number of aryl methyl sites for hydroxylation is 1. The van der Waals surface area contributed by atoms with Crippen LogP contribution in [0.3, 0.4) is 0 Å². The number of rotatable bonds is 4. The Bertz CT molecular complexity index is 1220. The van der Waals surface area contributed by atoms with Crippen LogP contribution in [-0.4, -0.2) is 33.0 Å². The average molecular weight is 422 g/mol. The molecule has 1 fully saturated rings. The zero-order valence-corrected chi connectivity index (χ0v) is 16.8. The minimum absolute atomic E-state index is 0.247. The smallest absolute Gasteiger partial charge is 0.225 e. The maximum atomic E-state index is 14.3. The van der Waals surface area contributed by atoms with E-state index in [1.165, 1.54) is 24.8 Å². The highest BCUT2D eigenvalue weighted by molar-refractivity contribution is 5.88. The minimum Gasteiger partial charge on any atom is -0.458 e. The number of halogens is 2. The lowest BCUT2D eigenvalue weighted by molar-refractivity contribution is 0.492. The van der Waals surface area contributed by atoms with Gasteiger partial charge in [-0.1, -0.05) is 6.07 Å². The molecule has 158 valence electrons. The number of hydrogen-bond acceptors (Lipinski definition) is 7. The van der Waals surface area contributed by atoms with Gasteiger partial charge >= 0.3 is 0 Å². The first-order valence-electron chi connectivity index (χ1n) is 10.1. The SMILES string of the molecule is Cc1ccc(Nc2ncnc3c(C4CCN(c5ncc(F)cn5)CC4)coc23)c(F)c1. The summed E-state index contributed by atoms with van der Waals surface area (Å²) in [7, 11) is 0. The number of nitrogens with one attached hydrogen (secondary N) is 1. The van der Waals surface area contributed by atoms with E-state index < -0.39 is 5.82 Å². The number of benzene rings is 1. The number of furan rings is 1. The molecule has 1 aliphatic heterocycles. The molecule has 0 unspecified atom stereocenters. The Labute approximate surface area is 177 Å². The third-order valence-corrected chi connectivity index (χ3v) is 5.58. The van der Waals surface area contributed by atoms with Crippen molar-refractivity contribution in [2.75, 3.05) is 23.3 Å². The molecule has 0 aliphatic carbocycles.